The summed E-state index contributed by atoms with van der Waals surface area (Å²) in [6.07, 6.45) is -4.85. The van der Waals surface area contributed by atoms with E-state index in [1.807, 2.05) is 0 Å². The molecular weight excluding hydrogens is 316 g/mol. The summed E-state index contributed by atoms with van der Waals surface area (Å²) < 4.78 is 51.0. The molecule has 1 aromatic heterocycles. The van der Waals surface area contributed by atoms with Gasteiger partial charge in [0.2, 0.25) is 5.78 Å². The molecular formula is C13H7ClF4OS. The van der Waals surface area contributed by atoms with E-state index in [2.05, 4.69) is 0 Å². The van der Waals surface area contributed by atoms with E-state index >= 15 is 0 Å². The summed E-state index contributed by atoms with van der Waals surface area (Å²) in [5.74, 6) is -2.07. The van der Waals surface area contributed by atoms with E-state index in [0.29, 0.717) is 17.7 Å². The van der Waals surface area contributed by atoms with Crippen molar-refractivity contribution in [3.05, 3.63) is 56.0 Å². The first-order chi connectivity index (χ1) is 9.21. The Kier molecular flexibility index (Phi) is 3.88. The van der Waals surface area contributed by atoms with Gasteiger partial charge in [-0.2, -0.15) is 13.2 Å². The highest BCUT2D eigenvalue weighted by Crippen LogP contribution is 2.34. The van der Waals surface area contributed by atoms with Crippen molar-refractivity contribution in [2.24, 2.45) is 0 Å². The highest BCUT2D eigenvalue weighted by atomic mass is 35.5. The molecule has 0 unspecified atom stereocenters. The average molecular weight is 323 g/mol. The quantitative estimate of drug-likeness (QED) is 0.555. The highest BCUT2D eigenvalue weighted by Gasteiger charge is 2.35. The van der Waals surface area contributed by atoms with Crippen LogP contribution in [0.15, 0.2) is 23.6 Å². The normalized spacial score (nSPS) is 11.7. The smallest absolute Gasteiger partial charge is 0.288 e. The van der Waals surface area contributed by atoms with Crippen LogP contribution in [-0.4, -0.2) is 5.78 Å². The van der Waals surface area contributed by atoms with Crippen LogP contribution >= 0.6 is 22.9 Å². The second-order valence-corrected chi connectivity index (χ2v) is 5.34. The minimum absolute atomic E-state index is 0.142. The fourth-order valence-corrected chi connectivity index (χ4v) is 2.84. The number of alkyl halides is 3. The van der Waals surface area contributed by atoms with Crippen LogP contribution in [0.5, 0.6) is 0 Å². The first kappa shape index (κ1) is 15.0. The third kappa shape index (κ3) is 2.71. The Hall–Kier alpha value is -1.40. The second kappa shape index (κ2) is 5.18. The molecule has 0 aliphatic carbocycles. The Morgan fingerprint density at radius 3 is 2.45 bits per heavy atom. The minimum Gasteiger partial charge on any atom is -0.288 e. The molecule has 1 heterocycles. The number of hydrogen-bond acceptors (Lipinski definition) is 2. The molecule has 0 fully saturated rings. The van der Waals surface area contributed by atoms with E-state index in [9.17, 15) is 22.4 Å². The topological polar surface area (TPSA) is 17.1 Å². The molecule has 0 saturated heterocycles. The molecule has 0 aliphatic heterocycles. The van der Waals surface area contributed by atoms with Gasteiger partial charge in [-0.15, -0.1) is 11.3 Å². The monoisotopic (exact) mass is 322 g/mol. The lowest BCUT2D eigenvalue weighted by atomic mass is 10.0. The van der Waals surface area contributed by atoms with Crippen LogP contribution in [0.25, 0.3) is 0 Å². The zero-order valence-corrected chi connectivity index (χ0v) is 11.6. The van der Waals surface area contributed by atoms with Gasteiger partial charge in [0, 0.05) is 5.56 Å². The Bertz CT molecular complexity index is 675. The Balaban J connectivity index is 2.49. The van der Waals surface area contributed by atoms with Gasteiger partial charge in [0.1, 0.15) is 5.82 Å². The predicted octanol–water partition coefficient (Wildman–Crippen LogP) is 5.10. The van der Waals surface area contributed by atoms with Gasteiger partial charge in [-0.05, 0) is 36.1 Å². The maximum absolute atomic E-state index is 13.2. The van der Waals surface area contributed by atoms with Gasteiger partial charge in [-0.3, -0.25) is 4.79 Å². The SMILES string of the molecule is Cc1csc(C(=O)c2ccc(F)c(C(F)(F)F)c2)c1Cl. The zero-order valence-electron chi connectivity index (χ0n) is 10.0. The molecule has 0 saturated carbocycles. The van der Waals surface area contributed by atoms with Crippen molar-refractivity contribution in [1.29, 1.82) is 0 Å². The van der Waals surface area contributed by atoms with Gasteiger partial charge in [-0.1, -0.05) is 11.6 Å². The van der Waals surface area contributed by atoms with Crippen molar-refractivity contribution < 1.29 is 22.4 Å². The number of ketones is 1. The predicted molar refractivity (Wildman–Crippen MR) is 68.9 cm³/mol. The van der Waals surface area contributed by atoms with Gasteiger partial charge >= 0.3 is 6.18 Å². The Morgan fingerprint density at radius 1 is 1.30 bits per heavy atom. The van der Waals surface area contributed by atoms with Gasteiger partial charge in [-0.25, -0.2) is 4.39 Å². The van der Waals surface area contributed by atoms with Gasteiger partial charge in [0.05, 0.1) is 15.5 Å². The molecule has 2 rings (SSSR count). The molecule has 0 radical (unpaired) electrons. The molecule has 0 N–H and O–H groups in total. The first-order valence-electron chi connectivity index (χ1n) is 5.37. The van der Waals surface area contributed by atoms with Crippen molar-refractivity contribution in [1.82, 2.24) is 0 Å². The minimum atomic E-state index is -4.85. The largest absolute Gasteiger partial charge is 0.419 e. The van der Waals surface area contributed by atoms with Crippen molar-refractivity contribution in [3.63, 3.8) is 0 Å². The third-order valence-corrected chi connectivity index (χ3v) is 4.34. The number of carbonyl (C=O) groups excluding carboxylic acids is 1. The molecule has 0 atom stereocenters. The Labute approximate surface area is 120 Å². The van der Waals surface area contributed by atoms with Crippen LogP contribution in [0.2, 0.25) is 5.02 Å². The number of rotatable bonds is 2. The van der Waals surface area contributed by atoms with E-state index in [4.69, 9.17) is 11.6 Å². The van der Waals surface area contributed by atoms with E-state index in [1.165, 1.54) is 0 Å². The van der Waals surface area contributed by atoms with Crippen LogP contribution in [0, 0.1) is 12.7 Å². The van der Waals surface area contributed by atoms with Crippen LogP contribution in [-0.2, 0) is 6.18 Å². The molecule has 20 heavy (non-hydrogen) atoms. The number of carbonyl (C=O) groups is 1. The van der Waals surface area contributed by atoms with Crippen LogP contribution in [0.4, 0.5) is 17.6 Å². The molecule has 0 amide bonds. The fraction of sp³-hybridized carbons (Fsp3) is 0.154. The summed E-state index contributed by atoms with van der Waals surface area (Å²) in [5, 5.41) is 1.84. The summed E-state index contributed by atoms with van der Waals surface area (Å²) in [6.45, 7) is 1.68. The van der Waals surface area contributed by atoms with Crippen molar-refractivity contribution in [2.45, 2.75) is 13.1 Å². The first-order valence-corrected chi connectivity index (χ1v) is 6.62. The van der Waals surface area contributed by atoms with Crippen LogP contribution < -0.4 is 0 Å². The molecule has 0 aliphatic rings. The van der Waals surface area contributed by atoms with Crippen molar-refractivity contribution in [3.8, 4) is 0 Å². The number of benzene rings is 1. The second-order valence-electron chi connectivity index (χ2n) is 4.08. The average Bonchev–Trinajstić information content (AvgIpc) is 2.68. The van der Waals surface area contributed by atoms with E-state index < -0.39 is 23.3 Å². The number of aryl methyl sites for hydroxylation is 1. The summed E-state index contributed by atoms with van der Waals surface area (Å²) >= 11 is 6.95. The molecule has 0 spiro atoms. The van der Waals surface area contributed by atoms with Gasteiger partial charge < -0.3 is 0 Å². The highest BCUT2D eigenvalue weighted by molar-refractivity contribution is 7.13. The van der Waals surface area contributed by atoms with Crippen molar-refractivity contribution in [2.75, 3.05) is 0 Å². The van der Waals surface area contributed by atoms with Crippen molar-refractivity contribution >= 4 is 28.7 Å². The lowest BCUT2D eigenvalue weighted by Crippen LogP contribution is -2.10. The maximum Gasteiger partial charge on any atom is 0.419 e. The molecule has 0 bridgehead atoms. The lowest BCUT2D eigenvalue weighted by Gasteiger charge is -2.09. The van der Waals surface area contributed by atoms with Crippen LogP contribution in [0.1, 0.15) is 26.4 Å². The number of halogens is 5. The lowest BCUT2D eigenvalue weighted by molar-refractivity contribution is -0.140. The summed E-state index contributed by atoms with van der Waals surface area (Å²) in [7, 11) is 0. The fourth-order valence-electron chi connectivity index (χ4n) is 1.60. The molecule has 2 aromatic rings. The summed E-state index contributed by atoms with van der Waals surface area (Å²) in [4.78, 5) is 12.2. The molecule has 7 heteroatoms. The number of thiophene rings is 1. The van der Waals surface area contributed by atoms with Gasteiger partial charge in [0.15, 0.2) is 0 Å². The van der Waals surface area contributed by atoms with E-state index in [0.717, 1.165) is 17.4 Å². The summed E-state index contributed by atoms with van der Waals surface area (Å²) in [5.41, 5.74) is -1.05. The Morgan fingerprint density at radius 2 is 1.95 bits per heavy atom. The molecule has 1 aromatic carbocycles. The molecule has 1 nitrogen and oxygen atoms in total. The maximum atomic E-state index is 13.2. The van der Waals surface area contributed by atoms with Crippen LogP contribution in [0.3, 0.4) is 0 Å². The van der Waals surface area contributed by atoms with Gasteiger partial charge in [0.25, 0.3) is 0 Å². The van der Waals surface area contributed by atoms with E-state index in [1.54, 1.807) is 12.3 Å². The third-order valence-electron chi connectivity index (χ3n) is 2.64. The molecule has 106 valence electrons. The number of hydrogen-bond donors (Lipinski definition) is 0. The standard InChI is InChI=1S/C13H7ClF4OS/c1-6-5-20-12(10(6)14)11(19)7-2-3-9(15)8(4-7)13(16,17)18/h2-5H,1H3. The summed E-state index contributed by atoms with van der Waals surface area (Å²) in [6, 6.07) is 2.14. The zero-order chi connectivity index (χ0) is 15.1. The van der Waals surface area contributed by atoms with E-state index in [-0.39, 0.29) is 15.5 Å².